The Morgan fingerprint density at radius 3 is 2.46 bits per heavy atom. The first-order valence-electron chi connectivity index (χ1n) is 8.10. The molecule has 1 spiro atoms. The largest absolute Gasteiger partial charge is 0.337 e. The summed E-state index contributed by atoms with van der Waals surface area (Å²) in [6.07, 6.45) is 0. The van der Waals surface area contributed by atoms with E-state index in [0.717, 1.165) is 16.0 Å². The van der Waals surface area contributed by atoms with Gasteiger partial charge in [0.05, 0.1) is 21.9 Å². The summed E-state index contributed by atoms with van der Waals surface area (Å²) in [5.41, 5.74) is 1.38. The lowest BCUT2D eigenvalue weighted by Crippen LogP contribution is -2.48. The van der Waals surface area contributed by atoms with Crippen LogP contribution in [0.1, 0.15) is 33.0 Å². The zero-order chi connectivity index (χ0) is 18.4. The van der Waals surface area contributed by atoms with Gasteiger partial charge in [0, 0.05) is 12.6 Å². The Labute approximate surface area is 158 Å². The molecule has 0 saturated carbocycles. The average Bonchev–Trinajstić information content (AvgIpc) is 3.15. The van der Waals surface area contributed by atoms with E-state index in [9.17, 15) is 14.4 Å². The number of benzene rings is 2. The smallest absolute Gasteiger partial charge is 0.252 e. The number of hydrogen-bond acceptors (Lipinski definition) is 3. The summed E-state index contributed by atoms with van der Waals surface area (Å²) in [7, 11) is 1.48. The van der Waals surface area contributed by atoms with Crippen LogP contribution in [0.2, 0.25) is 10.0 Å². The SMILES string of the molecule is CN1C(=O)C2c3ccccc3C3(NC(=O)c4cc(Cl)c(Cl)cc43)C2C1=O. The molecule has 2 aromatic rings. The normalized spacial score (nSPS) is 28.4. The molecule has 1 N–H and O–H groups in total. The molecule has 2 heterocycles. The number of nitrogens with zero attached hydrogens (tertiary/aromatic N) is 1. The van der Waals surface area contributed by atoms with Crippen molar-refractivity contribution in [2.45, 2.75) is 11.5 Å². The first-order valence-corrected chi connectivity index (χ1v) is 8.86. The van der Waals surface area contributed by atoms with Gasteiger partial charge >= 0.3 is 0 Å². The molecule has 3 amide bonds. The van der Waals surface area contributed by atoms with E-state index >= 15 is 0 Å². The first-order chi connectivity index (χ1) is 12.4. The van der Waals surface area contributed by atoms with Crippen molar-refractivity contribution in [2.75, 3.05) is 7.05 Å². The predicted octanol–water partition coefficient (Wildman–Crippen LogP) is 2.69. The second-order valence-corrected chi connectivity index (χ2v) is 7.67. The molecular weight excluding hydrogens is 375 g/mol. The summed E-state index contributed by atoms with van der Waals surface area (Å²) >= 11 is 12.3. The van der Waals surface area contributed by atoms with Crippen molar-refractivity contribution < 1.29 is 14.4 Å². The Hall–Kier alpha value is -2.37. The minimum Gasteiger partial charge on any atom is -0.337 e. The summed E-state index contributed by atoms with van der Waals surface area (Å²) in [6.45, 7) is 0. The highest BCUT2D eigenvalue weighted by molar-refractivity contribution is 6.42. The average molecular weight is 387 g/mol. The molecule has 1 saturated heterocycles. The molecule has 7 heteroatoms. The molecule has 26 heavy (non-hydrogen) atoms. The molecule has 0 aromatic heterocycles. The molecule has 3 unspecified atom stereocenters. The Bertz CT molecular complexity index is 1050. The van der Waals surface area contributed by atoms with Crippen molar-refractivity contribution in [3.05, 3.63) is 68.7 Å². The van der Waals surface area contributed by atoms with Crippen LogP contribution in [0.4, 0.5) is 0 Å². The van der Waals surface area contributed by atoms with Crippen molar-refractivity contribution in [3.63, 3.8) is 0 Å². The van der Waals surface area contributed by atoms with Crippen LogP contribution in [0, 0.1) is 5.92 Å². The van der Waals surface area contributed by atoms with E-state index in [0.29, 0.717) is 16.1 Å². The number of rotatable bonds is 0. The van der Waals surface area contributed by atoms with Crippen LogP contribution in [-0.4, -0.2) is 29.7 Å². The monoisotopic (exact) mass is 386 g/mol. The maximum Gasteiger partial charge on any atom is 0.252 e. The zero-order valence-electron chi connectivity index (χ0n) is 13.5. The Morgan fingerprint density at radius 2 is 1.69 bits per heavy atom. The number of carbonyl (C=O) groups excluding carboxylic acids is 3. The number of likely N-dealkylation sites (tertiary alicyclic amines) is 1. The lowest BCUT2D eigenvalue weighted by Gasteiger charge is -2.32. The second kappa shape index (κ2) is 4.87. The lowest BCUT2D eigenvalue weighted by molar-refractivity contribution is -0.138. The summed E-state index contributed by atoms with van der Waals surface area (Å²) in [5.74, 6) is -2.25. The summed E-state index contributed by atoms with van der Waals surface area (Å²) < 4.78 is 0. The molecule has 3 atom stereocenters. The highest BCUT2D eigenvalue weighted by Crippen LogP contribution is 2.59. The third-order valence-corrected chi connectivity index (χ3v) is 6.48. The molecule has 0 radical (unpaired) electrons. The number of nitrogens with one attached hydrogen (secondary N) is 1. The number of likely N-dealkylation sites (N-methyl/N-ethyl adjacent to an activating group) is 1. The molecule has 5 rings (SSSR count). The van der Waals surface area contributed by atoms with Crippen LogP contribution < -0.4 is 5.32 Å². The molecule has 2 aromatic carbocycles. The highest BCUT2D eigenvalue weighted by atomic mass is 35.5. The fourth-order valence-electron chi connectivity index (χ4n) is 4.69. The third-order valence-electron chi connectivity index (χ3n) is 5.75. The topological polar surface area (TPSA) is 66.5 Å². The van der Waals surface area contributed by atoms with Crippen LogP contribution in [0.3, 0.4) is 0 Å². The molecule has 5 nitrogen and oxygen atoms in total. The molecule has 130 valence electrons. The van der Waals surface area contributed by atoms with Crippen LogP contribution in [0.25, 0.3) is 0 Å². The Kier molecular flexibility index (Phi) is 2.97. The van der Waals surface area contributed by atoms with Gasteiger partial charge < -0.3 is 5.32 Å². The van der Waals surface area contributed by atoms with Crippen molar-refractivity contribution in [2.24, 2.45) is 5.92 Å². The highest BCUT2D eigenvalue weighted by Gasteiger charge is 2.66. The number of halogens is 2. The molecular formula is C19H12Cl2N2O3. The van der Waals surface area contributed by atoms with Gasteiger partial charge in [0.2, 0.25) is 11.8 Å². The van der Waals surface area contributed by atoms with E-state index < -0.39 is 17.4 Å². The van der Waals surface area contributed by atoms with Gasteiger partial charge in [-0.2, -0.15) is 0 Å². The van der Waals surface area contributed by atoms with Crippen LogP contribution in [-0.2, 0) is 15.1 Å². The fourth-order valence-corrected chi connectivity index (χ4v) is 5.01. The molecule has 0 bridgehead atoms. The van der Waals surface area contributed by atoms with Crippen molar-refractivity contribution in [1.29, 1.82) is 0 Å². The summed E-state index contributed by atoms with van der Waals surface area (Å²) in [5, 5.41) is 3.56. The van der Waals surface area contributed by atoms with Crippen LogP contribution >= 0.6 is 23.2 Å². The maximum absolute atomic E-state index is 13.0. The van der Waals surface area contributed by atoms with Gasteiger partial charge in [0.25, 0.3) is 5.91 Å². The van der Waals surface area contributed by atoms with E-state index in [-0.39, 0.29) is 22.7 Å². The Balaban J connectivity index is 1.88. The standard InChI is InChI=1S/C19H12Cl2N2O3/c1-23-17(25)14-8-4-2-3-5-10(8)19(15(14)18(23)26)11-7-13(21)12(20)6-9(11)16(24)22-19/h2-7,14-15H,1H3,(H,22,24). The van der Waals surface area contributed by atoms with Gasteiger partial charge in [-0.1, -0.05) is 47.5 Å². The van der Waals surface area contributed by atoms with Crippen molar-refractivity contribution in [3.8, 4) is 0 Å². The van der Waals surface area contributed by atoms with Crippen LogP contribution in [0.15, 0.2) is 36.4 Å². The molecule has 1 aliphatic carbocycles. The third kappa shape index (κ3) is 1.61. The maximum atomic E-state index is 13.0. The van der Waals surface area contributed by atoms with Crippen molar-refractivity contribution in [1.82, 2.24) is 10.2 Å². The number of hydrogen-bond donors (Lipinski definition) is 1. The van der Waals surface area contributed by atoms with E-state index in [4.69, 9.17) is 23.2 Å². The van der Waals surface area contributed by atoms with E-state index in [1.807, 2.05) is 24.3 Å². The van der Waals surface area contributed by atoms with Gasteiger partial charge in [-0.3, -0.25) is 19.3 Å². The minimum absolute atomic E-state index is 0.257. The number of fused-ring (bicyclic) bond motifs is 7. The molecule has 1 fully saturated rings. The van der Waals surface area contributed by atoms with E-state index in [2.05, 4.69) is 5.32 Å². The van der Waals surface area contributed by atoms with Crippen LogP contribution in [0.5, 0.6) is 0 Å². The predicted molar refractivity (Wildman–Crippen MR) is 95.2 cm³/mol. The lowest BCUT2D eigenvalue weighted by atomic mass is 9.76. The zero-order valence-corrected chi connectivity index (χ0v) is 15.1. The summed E-state index contributed by atoms with van der Waals surface area (Å²) in [4.78, 5) is 39.6. The fraction of sp³-hybridized carbons (Fsp3) is 0.211. The first kappa shape index (κ1) is 15.9. The van der Waals surface area contributed by atoms with Crippen molar-refractivity contribution >= 4 is 40.9 Å². The molecule has 3 aliphatic rings. The summed E-state index contributed by atoms with van der Waals surface area (Å²) in [6, 6.07) is 10.5. The van der Waals surface area contributed by atoms with E-state index in [1.54, 1.807) is 6.07 Å². The Morgan fingerprint density at radius 1 is 1.00 bits per heavy atom. The van der Waals surface area contributed by atoms with Gasteiger partial charge in [0.15, 0.2) is 0 Å². The quantitative estimate of drug-likeness (QED) is 0.707. The van der Waals surface area contributed by atoms with Gasteiger partial charge in [-0.15, -0.1) is 0 Å². The van der Waals surface area contributed by atoms with Gasteiger partial charge in [0.1, 0.15) is 5.54 Å². The number of amides is 3. The van der Waals surface area contributed by atoms with E-state index in [1.165, 1.54) is 13.1 Å². The number of carbonyl (C=O) groups is 3. The second-order valence-electron chi connectivity index (χ2n) is 6.85. The minimum atomic E-state index is -1.11. The number of imide groups is 1. The van der Waals surface area contributed by atoms with Gasteiger partial charge in [-0.05, 0) is 28.8 Å². The van der Waals surface area contributed by atoms with Gasteiger partial charge in [-0.25, -0.2) is 0 Å². The molecule has 2 aliphatic heterocycles.